The van der Waals surface area contributed by atoms with Crippen LogP contribution in [0.2, 0.25) is 0 Å². The molecule has 1 aromatic heterocycles. The van der Waals surface area contributed by atoms with Gasteiger partial charge in [-0.1, -0.05) is 11.6 Å². The molecule has 0 aromatic carbocycles. The van der Waals surface area contributed by atoms with Crippen LogP contribution in [-0.4, -0.2) is 4.98 Å². The molecule has 0 amide bonds. The van der Waals surface area contributed by atoms with Gasteiger partial charge in [0, 0.05) is 6.42 Å². The number of nitrogens with two attached hydrogens (primary N) is 1. The summed E-state index contributed by atoms with van der Waals surface area (Å²) < 4.78 is 1.61. The molecule has 10 heavy (non-hydrogen) atoms. The van der Waals surface area contributed by atoms with Gasteiger partial charge in [-0.15, -0.1) is 0 Å². The van der Waals surface area contributed by atoms with Crippen LogP contribution >= 0.6 is 0 Å². The molecule has 3 nitrogen and oxygen atoms in total. The van der Waals surface area contributed by atoms with Crippen LogP contribution < -0.4 is 10.5 Å². The van der Waals surface area contributed by atoms with E-state index in [9.17, 15) is 0 Å². The van der Waals surface area contributed by atoms with E-state index in [4.69, 9.17) is 5.84 Å². The second-order valence-corrected chi connectivity index (χ2v) is 2.22. The number of nitrogens with zero attached hydrogens (tertiary/aromatic N) is 2. The smallest absolute Gasteiger partial charge is 0.229 e. The van der Waals surface area contributed by atoms with Crippen molar-refractivity contribution in [2.24, 2.45) is 0 Å². The van der Waals surface area contributed by atoms with Crippen LogP contribution in [0.1, 0.15) is 19.0 Å². The summed E-state index contributed by atoms with van der Waals surface area (Å²) in [6.07, 6.45) is 7.32. The van der Waals surface area contributed by atoms with E-state index in [2.05, 4.69) is 11.9 Å². The summed E-state index contributed by atoms with van der Waals surface area (Å²) in [7, 11) is 0. The minimum Gasteiger partial charge on any atom is -0.252 e. The van der Waals surface area contributed by atoms with Crippen molar-refractivity contribution >= 4 is 0 Å². The van der Waals surface area contributed by atoms with E-state index in [-0.39, 0.29) is 0 Å². The van der Waals surface area contributed by atoms with E-state index < -0.39 is 0 Å². The van der Waals surface area contributed by atoms with Crippen molar-refractivity contribution in [3.05, 3.63) is 24.3 Å². The van der Waals surface area contributed by atoms with Gasteiger partial charge < -0.3 is 0 Å². The van der Waals surface area contributed by atoms with E-state index in [1.807, 2.05) is 0 Å². The van der Waals surface area contributed by atoms with E-state index >= 15 is 0 Å². The molecular formula is C7H12N3+. The van der Waals surface area contributed by atoms with Crippen molar-refractivity contribution in [2.75, 3.05) is 5.84 Å². The largest absolute Gasteiger partial charge is 0.252 e. The average molecular weight is 138 g/mol. The molecule has 0 atom stereocenters. The highest BCUT2D eigenvalue weighted by Crippen LogP contribution is 1.90. The first-order valence-corrected chi connectivity index (χ1v) is 3.44. The Hall–Kier alpha value is -1.12. The fraction of sp³-hybridized carbons (Fsp3) is 0.429. The van der Waals surface area contributed by atoms with Crippen LogP contribution in [0, 0.1) is 0 Å². The fourth-order valence-electron chi connectivity index (χ4n) is 0.852. The molecule has 1 aromatic rings. The third kappa shape index (κ3) is 1.43. The van der Waals surface area contributed by atoms with Gasteiger partial charge in [-0.2, -0.15) is 0 Å². The lowest BCUT2D eigenvalue weighted by atomic mass is 10.3. The summed E-state index contributed by atoms with van der Waals surface area (Å²) in [5, 5.41) is 0. The summed E-state index contributed by atoms with van der Waals surface area (Å²) in [4.78, 5) is 3.96. The molecule has 54 valence electrons. The lowest BCUT2D eigenvalue weighted by Crippen LogP contribution is -2.47. The molecule has 0 radical (unpaired) electrons. The van der Waals surface area contributed by atoms with Crippen LogP contribution in [0.15, 0.2) is 18.6 Å². The molecule has 0 aliphatic carbocycles. The first-order valence-electron chi connectivity index (χ1n) is 3.44. The molecule has 0 unspecified atom stereocenters. The van der Waals surface area contributed by atoms with E-state index in [1.54, 1.807) is 23.3 Å². The van der Waals surface area contributed by atoms with Gasteiger partial charge in [0.25, 0.3) is 0 Å². The molecule has 1 heterocycles. The molecule has 0 bridgehead atoms. The average Bonchev–Trinajstić information content (AvgIpc) is 1.94. The van der Waals surface area contributed by atoms with Crippen molar-refractivity contribution in [3.8, 4) is 0 Å². The molecule has 0 aliphatic rings. The van der Waals surface area contributed by atoms with Crippen molar-refractivity contribution in [2.45, 2.75) is 19.8 Å². The molecule has 0 fully saturated rings. The number of hydrogen-bond acceptors (Lipinski definition) is 2. The first-order chi connectivity index (χ1) is 4.84. The maximum absolute atomic E-state index is 5.58. The predicted molar refractivity (Wildman–Crippen MR) is 38.6 cm³/mol. The van der Waals surface area contributed by atoms with Gasteiger partial charge >= 0.3 is 0 Å². The number of hydrogen-bond donors (Lipinski definition) is 1. The second-order valence-electron chi connectivity index (χ2n) is 2.22. The second kappa shape index (κ2) is 3.15. The van der Waals surface area contributed by atoms with Gasteiger partial charge in [0.1, 0.15) is 0 Å². The number of rotatable bonds is 2. The van der Waals surface area contributed by atoms with E-state index in [0.717, 1.165) is 18.5 Å². The molecule has 1 rings (SSSR count). The van der Waals surface area contributed by atoms with Crippen LogP contribution in [-0.2, 0) is 6.42 Å². The topological polar surface area (TPSA) is 42.8 Å². The van der Waals surface area contributed by atoms with Crippen LogP contribution in [0.25, 0.3) is 0 Å². The van der Waals surface area contributed by atoms with Gasteiger partial charge in [0.2, 0.25) is 11.9 Å². The maximum atomic E-state index is 5.58. The van der Waals surface area contributed by atoms with E-state index in [0.29, 0.717) is 0 Å². The van der Waals surface area contributed by atoms with E-state index in [1.165, 1.54) is 0 Å². The summed E-state index contributed by atoms with van der Waals surface area (Å²) in [6.45, 7) is 2.12. The summed E-state index contributed by atoms with van der Waals surface area (Å²) in [5.41, 5.74) is 1.07. The van der Waals surface area contributed by atoms with Gasteiger partial charge in [0.15, 0.2) is 0 Å². The van der Waals surface area contributed by atoms with Gasteiger partial charge in [0.05, 0.1) is 12.4 Å². The van der Waals surface area contributed by atoms with Gasteiger partial charge in [-0.3, -0.25) is 4.98 Å². The zero-order valence-electron chi connectivity index (χ0n) is 6.12. The van der Waals surface area contributed by atoms with Crippen molar-refractivity contribution in [1.29, 1.82) is 0 Å². The summed E-state index contributed by atoms with van der Waals surface area (Å²) in [5.74, 6) is 5.58. The van der Waals surface area contributed by atoms with Crippen LogP contribution in [0.4, 0.5) is 0 Å². The molecule has 0 saturated carbocycles. The monoisotopic (exact) mass is 138 g/mol. The van der Waals surface area contributed by atoms with Crippen molar-refractivity contribution in [3.63, 3.8) is 0 Å². The van der Waals surface area contributed by atoms with Crippen LogP contribution in [0.5, 0.6) is 0 Å². The summed E-state index contributed by atoms with van der Waals surface area (Å²) >= 11 is 0. The number of nitrogen functional groups attached to an aromatic ring is 1. The third-order valence-electron chi connectivity index (χ3n) is 1.37. The Labute approximate surface area is 60.5 Å². The van der Waals surface area contributed by atoms with Crippen molar-refractivity contribution in [1.82, 2.24) is 4.98 Å². The fourth-order valence-corrected chi connectivity index (χ4v) is 0.852. The third-order valence-corrected chi connectivity index (χ3v) is 1.37. The zero-order valence-corrected chi connectivity index (χ0v) is 6.12. The molecule has 0 spiro atoms. The Kier molecular flexibility index (Phi) is 2.20. The molecule has 3 heteroatoms. The first kappa shape index (κ1) is 6.99. The highest BCUT2D eigenvalue weighted by molar-refractivity contribution is 4.85. The highest BCUT2D eigenvalue weighted by Gasteiger charge is 2.03. The Bertz CT molecular complexity index is 210. The molecule has 2 N–H and O–H groups in total. The van der Waals surface area contributed by atoms with Crippen LogP contribution in [0.3, 0.4) is 0 Å². The lowest BCUT2D eigenvalue weighted by molar-refractivity contribution is -0.647. The number of aromatic nitrogens is 2. The Morgan fingerprint density at radius 1 is 1.70 bits per heavy atom. The summed E-state index contributed by atoms with van der Waals surface area (Å²) in [6, 6.07) is 0. The SMILES string of the molecule is CCCc1cncc[n+]1N. The quantitative estimate of drug-likeness (QED) is 0.463. The zero-order chi connectivity index (χ0) is 7.40. The van der Waals surface area contributed by atoms with Gasteiger partial charge in [-0.25, -0.2) is 5.84 Å². The number of aryl methyl sites for hydroxylation is 1. The Balaban J connectivity index is 2.81. The minimum atomic E-state index is 0.990. The Morgan fingerprint density at radius 2 is 2.50 bits per heavy atom. The Morgan fingerprint density at radius 3 is 3.10 bits per heavy atom. The predicted octanol–water partition coefficient (Wildman–Crippen LogP) is 0.0354. The minimum absolute atomic E-state index is 0.990. The van der Waals surface area contributed by atoms with Gasteiger partial charge in [-0.05, 0) is 6.42 Å². The molecular weight excluding hydrogens is 126 g/mol. The van der Waals surface area contributed by atoms with Crippen molar-refractivity contribution < 1.29 is 4.68 Å². The normalized spacial score (nSPS) is 9.70. The lowest BCUT2D eigenvalue weighted by Gasteiger charge is -1.92. The molecule has 0 aliphatic heterocycles. The molecule has 0 saturated heterocycles. The maximum Gasteiger partial charge on any atom is 0.229 e. The highest BCUT2D eigenvalue weighted by atomic mass is 15.3. The standard InChI is InChI=1S/C7H12N3/c1-2-3-7-6-9-4-5-10(7)8/h4-6H,2-3H2,1H3,(H2,8,9)/q+1.